The van der Waals surface area contributed by atoms with Crippen LogP contribution >= 0.6 is 0 Å². The molecule has 0 amide bonds. The Morgan fingerprint density at radius 2 is 2.10 bits per heavy atom. The number of benzene rings is 1. The van der Waals surface area contributed by atoms with Gasteiger partial charge in [0.25, 0.3) is 0 Å². The summed E-state index contributed by atoms with van der Waals surface area (Å²) < 4.78 is 0. The van der Waals surface area contributed by atoms with Gasteiger partial charge in [0, 0.05) is 5.39 Å². The predicted molar refractivity (Wildman–Crippen MR) is 35.8 cm³/mol. The molecule has 0 N–H and O–H groups in total. The SMILES string of the molecule is [O]n1cc2ccccc2n1. The molecule has 0 spiro atoms. The monoisotopic (exact) mass is 133 g/mol. The molecule has 3 heteroatoms. The van der Waals surface area contributed by atoms with Gasteiger partial charge in [0.2, 0.25) is 0 Å². The van der Waals surface area contributed by atoms with Crippen LogP contribution in [0.2, 0.25) is 0 Å². The lowest BCUT2D eigenvalue weighted by Crippen LogP contribution is -1.84. The van der Waals surface area contributed by atoms with Gasteiger partial charge < -0.3 is 0 Å². The first-order valence-electron chi connectivity index (χ1n) is 2.98. The minimum absolute atomic E-state index is 0.574. The van der Waals surface area contributed by atoms with Crippen molar-refractivity contribution in [1.82, 2.24) is 9.94 Å². The summed E-state index contributed by atoms with van der Waals surface area (Å²) in [6, 6.07) is 7.40. The highest BCUT2D eigenvalue weighted by Gasteiger charge is 1.95. The molecule has 0 unspecified atom stereocenters. The van der Waals surface area contributed by atoms with Crippen molar-refractivity contribution >= 4 is 10.9 Å². The van der Waals surface area contributed by atoms with E-state index in [0.29, 0.717) is 4.85 Å². The average molecular weight is 133 g/mol. The van der Waals surface area contributed by atoms with E-state index in [0.717, 1.165) is 10.9 Å². The van der Waals surface area contributed by atoms with Crippen LogP contribution in [-0.4, -0.2) is 9.94 Å². The number of aromatic nitrogens is 2. The van der Waals surface area contributed by atoms with E-state index in [1.807, 2.05) is 24.3 Å². The van der Waals surface area contributed by atoms with Gasteiger partial charge in [-0.15, -0.1) is 10.3 Å². The quantitative estimate of drug-likeness (QED) is 0.532. The first-order chi connectivity index (χ1) is 4.86. The van der Waals surface area contributed by atoms with E-state index in [1.165, 1.54) is 6.20 Å². The fourth-order valence-corrected chi connectivity index (χ4v) is 0.942. The summed E-state index contributed by atoms with van der Waals surface area (Å²) in [5, 5.41) is 15.2. The second-order valence-corrected chi connectivity index (χ2v) is 2.09. The van der Waals surface area contributed by atoms with Crippen molar-refractivity contribution in [2.75, 3.05) is 0 Å². The van der Waals surface area contributed by atoms with E-state index in [9.17, 15) is 5.21 Å². The zero-order valence-corrected chi connectivity index (χ0v) is 5.19. The number of hydrogen-bond donors (Lipinski definition) is 0. The van der Waals surface area contributed by atoms with E-state index in [1.54, 1.807) is 0 Å². The van der Waals surface area contributed by atoms with Crippen LogP contribution in [0, 0.1) is 0 Å². The van der Waals surface area contributed by atoms with Crippen molar-refractivity contribution in [1.29, 1.82) is 0 Å². The van der Waals surface area contributed by atoms with Crippen LogP contribution in [0.1, 0.15) is 0 Å². The van der Waals surface area contributed by atoms with Crippen LogP contribution in [-0.2, 0) is 5.21 Å². The second-order valence-electron chi connectivity index (χ2n) is 2.09. The third kappa shape index (κ3) is 0.639. The third-order valence-corrected chi connectivity index (χ3v) is 1.39. The Labute approximate surface area is 57.5 Å². The zero-order chi connectivity index (χ0) is 6.97. The Hall–Kier alpha value is -1.51. The summed E-state index contributed by atoms with van der Waals surface area (Å²) in [6.45, 7) is 0. The van der Waals surface area contributed by atoms with E-state index < -0.39 is 0 Å². The molecule has 1 heterocycles. The van der Waals surface area contributed by atoms with Gasteiger partial charge in [-0.25, -0.2) is 0 Å². The number of rotatable bonds is 0. The third-order valence-electron chi connectivity index (χ3n) is 1.39. The molecular formula is C7H5N2O. The zero-order valence-electron chi connectivity index (χ0n) is 5.19. The molecule has 0 aliphatic heterocycles. The normalized spacial score (nSPS) is 10.4. The summed E-state index contributed by atoms with van der Waals surface area (Å²) in [5.74, 6) is 0. The molecule has 49 valence electrons. The molecule has 0 aliphatic rings. The van der Waals surface area contributed by atoms with E-state index >= 15 is 0 Å². The van der Waals surface area contributed by atoms with Gasteiger partial charge in [-0.05, 0) is 6.07 Å². The van der Waals surface area contributed by atoms with Gasteiger partial charge >= 0.3 is 0 Å². The lowest BCUT2D eigenvalue weighted by molar-refractivity contribution is 0.0609. The van der Waals surface area contributed by atoms with Gasteiger partial charge in [-0.2, -0.15) is 0 Å². The van der Waals surface area contributed by atoms with Crippen LogP contribution in [0.15, 0.2) is 30.5 Å². The minimum atomic E-state index is 0.574. The molecule has 10 heavy (non-hydrogen) atoms. The van der Waals surface area contributed by atoms with Crippen LogP contribution < -0.4 is 0 Å². The lowest BCUT2D eigenvalue weighted by atomic mass is 10.3. The fourth-order valence-electron chi connectivity index (χ4n) is 0.942. The maximum absolute atomic E-state index is 10.6. The maximum Gasteiger partial charge on any atom is 0.0960 e. The molecule has 0 aliphatic carbocycles. The van der Waals surface area contributed by atoms with Gasteiger partial charge in [0.05, 0.1) is 11.7 Å². The van der Waals surface area contributed by atoms with Crippen molar-refractivity contribution < 1.29 is 5.21 Å². The molecule has 0 saturated carbocycles. The molecule has 1 aromatic carbocycles. The molecule has 2 aromatic rings. The first-order valence-corrected chi connectivity index (χ1v) is 2.98. The van der Waals surface area contributed by atoms with E-state index in [-0.39, 0.29) is 0 Å². The van der Waals surface area contributed by atoms with Crippen molar-refractivity contribution in [2.45, 2.75) is 0 Å². The summed E-state index contributed by atoms with van der Waals surface area (Å²) in [5.41, 5.74) is 0.748. The molecule has 1 aromatic heterocycles. The molecular weight excluding hydrogens is 128 g/mol. The van der Waals surface area contributed by atoms with Crippen molar-refractivity contribution in [3.05, 3.63) is 30.5 Å². The first kappa shape index (κ1) is 5.29. The molecule has 2 rings (SSSR count). The Bertz CT molecular complexity index is 320. The highest BCUT2D eigenvalue weighted by molar-refractivity contribution is 5.77. The standard InChI is InChI=1S/C7H5N2O/c10-9-5-6-3-1-2-4-7(6)8-9/h1-5H. The van der Waals surface area contributed by atoms with Crippen molar-refractivity contribution in [2.24, 2.45) is 0 Å². The highest BCUT2D eigenvalue weighted by atomic mass is 16.5. The summed E-state index contributed by atoms with van der Waals surface area (Å²) in [4.78, 5) is 0.574. The molecule has 0 fully saturated rings. The Morgan fingerprint density at radius 3 is 2.90 bits per heavy atom. The van der Waals surface area contributed by atoms with Gasteiger partial charge in [0.15, 0.2) is 0 Å². The van der Waals surface area contributed by atoms with Crippen LogP contribution in [0.25, 0.3) is 10.9 Å². The van der Waals surface area contributed by atoms with Crippen LogP contribution in [0.3, 0.4) is 0 Å². The largest absolute Gasteiger partial charge is 0.147 e. The topological polar surface area (TPSA) is 37.7 Å². The number of hydrogen-bond acceptors (Lipinski definition) is 1. The Morgan fingerprint density at radius 1 is 1.30 bits per heavy atom. The Balaban J connectivity index is 2.88. The van der Waals surface area contributed by atoms with Gasteiger partial charge in [0.1, 0.15) is 0 Å². The smallest absolute Gasteiger partial charge is 0.0960 e. The summed E-state index contributed by atoms with van der Waals surface area (Å²) in [7, 11) is 0. The summed E-state index contributed by atoms with van der Waals surface area (Å²) in [6.07, 6.45) is 1.45. The Kier molecular flexibility index (Phi) is 0.917. The lowest BCUT2D eigenvalue weighted by Gasteiger charge is -1.79. The molecule has 0 saturated heterocycles. The van der Waals surface area contributed by atoms with Gasteiger partial charge in [-0.1, -0.05) is 23.0 Å². The molecule has 0 atom stereocenters. The van der Waals surface area contributed by atoms with E-state index in [4.69, 9.17) is 0 Å². The van der Waals surface area contributed by atoms with Gasteiger partial charge in [-0.3, -0.25) is 0 Å². The second kappa shape index (κ2) is 1.73. The van der Waals surface area contributed by atoms with E-state index in [2.05, 4.69) is 5.10 Å². The molecule has 0 bridgehead atoms. The van der Waals surface area contributed by atoms with Crippen LogP contribution in [0.5, 0.6) is 0 Å². The number of nitrogens with zero attached hydrogens (tertiary/aromatic N) is 2. The maximum atomic E-state index is 10.6. The van der Waals surface area contributed by atoms with Crippen molar-refractivity contribution in [3.63, 3.8) is 0 Å². The molecule has 1 radical (unpaired) electrons. The number of fused-ring (bicyclic) bond motifs is 1. The average Bonchev–Trinajstić information content (AvgIpc) is 2.27. The fraction of sp³-hybridized carbons (Fsp3) is 0. The highest BCUT2D eigenvalue weighted by Crippen LogP contribution is 2.08. The molecule has 3 nitrogen and oxygen atoms in total. The van der Waals surface area contributed by atoms with Crippen LogP contribution in [0.4, 0.5) is 0 Å². The van der Waals surface area contributed by atoms with Crippen molar-refractivity contribution in [3.8, 4) is 0 Å². The summed E-state index contributed by atoms with van der Waals surface area (Å²) >= 11 is 0. The predicted octanol–water partition coefficient (Wildman–Crippen LogP) is 1.23. The minimum Gasteiger partial charge on any atom is -0.147 e.